The van der Waals surface area contributed by atoms with Gasteiger partial charge >= 0.3 is 10.3 Å². The SMILES string of the molecule is N[C@H](c1cccc(Br)c1)c1cc(C(=O)c2cncnc2N[C@@H]2C[C@H](CNS(=O)(=O)O)[C@@H](O)C2)sc1Cl. The van der Waals surface area contributed by atoms with Crippen molar-refractivity contribution in [3.05, 3.63) is 73.2 Å². The van der Waals surface area contributed by atoms with Crippen LogP contribution in [0.1, 0.15) is 45.2 Å². The quantitative estimate of drug-likeness (QED) is 0.179. The van der Waals surface area contributed by atoms with E-state index in [2.05, 4.69) is 31.2 Å². The van der Waals surface area contributed by atoms with Crippen LogP contribution < -0.4 is 15.8 Å². The summed E-state index contributed by atoms with van der Waals surface area (Å²) in [6, 6.07) is 8.41. The van der Waals surface area contributed by atoms with E-state index in [1.54, 1.807) is 6.07 Å². The van der Waals surface area contributed by atoms with Gasteiger partial charge in [-0.25, -0.2) is 9.97 Å². The molecule has 1 aromatic carbocycles. The molecule has 192 valence electrons. The lowest BCUT2D eigenvalue weighted by atomic mass is 10.0. The van der Waals surface area contributed by atoms with E-state index in [9.17, 15) is 18.3 Å². The number of aromatic nitrogens is 2. The number of halogens is 2. The van der Waals surface area contributed by atoms with Gasteiger partial charge < -0.3 is 16.2 Å². The van der Waals surface area contributed by atoms with Crippen LogP contribution in [0.25, 0.3) is 0 Å². The number of benzene rings is 1. The predicted molar refractivity (Wildman–Crippen MR) is 141 cm³/mol. The van der Waals surface area contributed by atoms with Crippen LogP contribution in [0.2, 0.25) is 4.34 Å². The molecular weight excluding hydrogens is 594 g/mol. The molecule has 1 aliphatic carbocycles. The Kier molecular flexibility index (Phi) is 8.42. The van der Waals surface area contributed by atoms with Gasteiger partial charge in [-0.3, -0.25) is 9.35 Å². The zero-order valence-electron chi connectivity index (χ0n) is 18.6. The van der Waals surface area contributed by atoms with Gasteiger partial charge in [0, 0.05) is 34.7 Å². The molecule has 14 heteroatoms. The summed E-state index contributed by atoms with van der Waals surface area (Å²) in [5.74, 6) is -0.456. The van der Waals surface area contributed by atoms with Gasteiger partial charge in [-0.1, -0.05) is 39.7 Å². The van der Waals surface area contributed by atoms with Crippen LogP contribution >= 0.6 is 38.9 Å². The third kappa shape index (κ3) is 6.47. The van der Waals surface area contributed by atoms with E-state index in [1.807, 2.05) is 29.0 Å². The molecule has 10 nitrogen and oxygen atoms in total. The zero-order valence-corrected chi connectivity index (χ0v) is 22.6. The highest BCUT2D eigenvalue weighted by Gasteiger charge is 2.34. The third-order valence-electron chi connectivity index (χ3n) is 5.96. The summed E-state index contributed by atoms with van der Waals surface area (Å²) >= 11 is 11.0. The van der Waals surface area contributed by atoms with Crippen LogP contribution in [0.5, 0.6) is 0 Å². The normalized spacial score (nSPS) is 20.9. The van der Waals surface area contributed by atoms with E-state index >= 15 is 0 Å². The number of hydrogen-bond acceptors (Lipinski definition) is 9. The van der Waals surface area contributed by atoms with Gasteiger partial charge in [0.2, 0.25) is 5.78 Å². The summed E-state index contributed by atoms with van der Waals surface area (Å²) in [5, 5.41) is 13.5. The minimum Gasteiger partial charge on any atom is -0.393 e. The van der Waals surface area contributed by atoms with Crippen LogP contribution in [-0.4, -0.2) is 52.5 Å². The first-order valence-electron chi connectivity index (χ1n) is 10.8. The van der Waals surface area contributed by atoms with Crippen molar-refractivity contribution in [2.45, 2.75) is 31.0 Å². The Labute approximate surface area is 225 Å². The van der Waals surface area contributed by atoms with Crippen molar-refractivity contribution in [3.8, 4) is 0 Å². The number of ketones is 1. The van der Waals surface area contributed by atoms with Crippen LogP contribution in [0.15, 0.2) is 47.3 Å². The van der Waals surface area contributed by atoms with Crippen molar-refractivity contribution in [1.29, 1.82) is 0 Å². The number of aliphatic hydroxyl groups excluding tert-OH is 1. The van der Waals surface area contributed by atoms with E-state index in [-0.39, 0.29) is 29.8 Å². The third-order valence-corrected chi connectivity index (χ3v) is 8.38. The first kappa shape index (κ1) is 27.1. The van der Waals surface area contributed by atoms with Crippen molar-refractivity contribution in [2.24, 2.45) is 11.7 Å². The first-order chi connectivity index (χ1) is 17.0. The lowest BCUT2D eigenvalue weighted by Gasteiger charge is -2.15. The summed E-state index contributed by atoms with van der Waals surface area (Å²) in [5.41, 5.74) is 8.12. The molecule has 0 aliphatic heterocycles. The van der Waals surface area contributed by atoms with E-state index in [4.69, 9.17) is 21.9 Å². The summed E-state index contributed by atoms with van der Waals surface area (Å²) in [6.45, 7) is -0.109. The minimum atomic E-state index is -4.36. The highest BCUT2D eigenvalue weighted by atomic mass is 79.9. The first-order valence-corrected chi connectivity index (χ1v) is 14.3. The Hall–Kier alpha value is -1.97. The van der Waals surface area contributed by atoms with Gasteiger partial charge in [0.15, 0.2) is 0 Å². The zero-order chi connectivity index (χ0) is 26.0. The molecule has 0 saturated heterocycles. The Balaban J connectivity index is 1.51. The number of nitrogens with two attached hydrogens (primary N) is 1. The molecular formula is C22H23BrClN5O5S2. The largest absolute Gasteiger partial charge is 0.393 e. The Morgan fingerprint density at radius 2 is 2.11 bits per heavy atom. The van der Waals surface area contributed by atoms with Crippen LogP contribution in [0, 0.1) is 5.92 Å². The number of nitrogens with zero attached hydrogens (tertiary/aromatic N) is 2. The maximum absolute atomic E-state index is 13.4. The number of aliphatic hydroxyl groups is 1. The Bertz CT molecular complexity index is 1370. The highest BCUT2D eigenvalue weighted by Crippen LogP contribution is 2.36. The molecule has 2 aromatic heterocycles. The number of hydrogen-bond donors (Lipinski definition) is 5. The molecule has 1 saturated carbocycles. The van der Waals surface area contributed by atoms with E-state index in [0.717, 1.165) is 21.4 Å². The van der Waals surface area contributed by atoms with Gasteiger partial charge in [-0.05, 0) is 36.6 Å². The van der Waals surface area contributed by atoms with Gasteiger partial charge in [0.25, 0.3) is 0 Å². The maximum atomic E-state index is 13.4. The fourth-order valence-corrected chi connectivity index (χ4v) is 6.32. The number of anilines is 1. The predicted octanol–water partition coefficient (Wildman–Crippen LogP) is 3.18. The molecule has 3 aromatic rings. The summed E-state index contributed by atoms with van der Waals surface area (Å²) < 4.78 is 34.1. The van der Waals surface area contributed by atoms with Crippen molar-refractivity contribution in [1.82, 2.24) is 14.7 Å². The second-order valence-electron chi connectivity index (χ2n) is 8.45. The second kappa shape index (κ2) is 11.2. The molecule has 4 atom stereocenters. The fourth-order valence-electron chi connectivity index (χ4n) is 4.18. The molecule has 0 unspecified atom stereocenters. The second-order valence-corrected chi connectivity index (χ2v) is 12.3. The molecule has 6 N–H and O–H groups in total. The van der Waals surface area contributed by atoms with E-state index in [1.165, 1.54) is 12.5 Å². The molecule has 0 amide bonds. The highest BCUT2D eigenvalue weighted by molar-refractivity contribution is 9.10. The molecule has 36 heavy (non-hydrogen) atoms. The molecule has 0 radical (unpaired) electrons. The molecule has 0 spiro atoms. The smallest absolute Gasteiger partial charge is 0.333 e. The van der Waals surface area contributed by atoms with Gasteiger partial charge in [-0.2, -0.15) is 13.1 Å². The number of nitrogens with one attached hydrogen (secondary N) is 2. The molecule has 2 heterocycles. The average molecular weight is 617 g/mol. The molecule has 4 rings (SSSR count). The van der Waals surface area contributed by atoms with Crippen molar-refractivity contribution in [2.75, 3.05) is 11.9 Å². The van der Waals surface area contributed by atoms with E-state index in [0.29, 0.717) is 27.6 Å². The molecule has 1 aliphatic rings. The van der Waals surface area contributed by atoms with Crippen molar-refractivity contribution < 1.29 is 22.9 Å². The van der Waals surface area contributed by atoms with Crippen LogP contribution in [0.3, 0.4) is 0 Å². The standard InChI is InChI=1S/C22H23BrClN5O5S2/c23-13-3-1-2-11(4-13)19(25)15-7-18(35-21(15)24)20(31)16-9-26-10-27-22(16)29-14-5-12(17(30)6-14)8-28-36(32,33)34/h1-4,7,9-10,12,14,17,19,28,30H,5-6,8,25H2,(H,26,27,29)(H,32,33,34)/t12-,14-,17+,19-/m1/s1. The topological polar surface area (TPSA) is 168 Å². The van der Waals surface area contributed by atoms with Gasteiger partial charge in [0.1, 0.15) is 12.1 Å². The molecule has 0 bridgehead atoms. The van der Waals surface area contributed by atoms with Crippen LogP contribution in [0.4, 0.5) is 5.82 Å². The Morgan fingerprint density at radius 3 is 2.83 bits per heavy atom. The lowest BCUT2D eigenvalue weighted by molar-refractivity contribution is 0.104. The summed E-state index contributed by atoms with van der Waals surface area (Å²) in [7, 11) is -4.36. The van der Waals surface area contributed by atoms with Gasteiger partial charge in [0.05, 0.1) is 26.9 Å². The van der Waals surface area contributed by atoms with Crippen molar-refractivity contribution in [3.63, 3.8) is 0 Å². The van der Waals surface area contributed by atoms with E-state index < -0.39 is 28.4 Å². The maximum Gasteiger partial charge on any atom is 0.333 e. The lowest BCUT2D eigenvalue weighted by Crippen LogP contribution is -2.32. The van der Waals surface area contributed by atoms with Crippen LogP contribution in [-0.2, 0) is 10.3 Å². The Morgan fingerprint density at radius 1 is 1.33 bits per heavy atom. The number of rotatable bonds is 9. The average Bonchev–Trinajstić information content (AvgIpc) is 3.38. The molecule has 1 fully saturated rings. The number of carbonyl (C=O) groups excluding carboxylic acids is 1. The van der Waals surface area contributed by atoms with Crippen molar-refractivity contribution >= 4 is 60.8 Å². The summed E-state index contributed by atoms with van der Waals surface area (Å²) in [4.78, 5) is 22.0. The van der Waals surface area contributed by atoms with Gasteiger partial charge in [-0.15, -0.1) is 11.3 Å². The fraction of sp³-hybridized carbons (Fsp3) is 0.318. The summed E-state index contributed by atoms with van der Waals surface area (Å²) in [6.07, 6.45) is 2.62. The number of thiophene rings is 1. The number of carbonyl (C=O) groups is 1. The minimum absolute atomic E-state index is 0.109. The monoisotopic (exact) mass is 615 g/mol.